The minimum Gasteiger partial charge on any atom is -0.490 e. The maximum atomic E-state index is 12.6. The zero-order chi connectivity index (χ0) is 23.5. The van der Waals surface area contributed by atoms with Crippen molar-refractivity contribution in [2.45, 2.75) is 13.8 Å². The number of benzene rings is 2. The molecule has 7 nitrogen and oxygen atoms in total. The third-order valence-electron chi connectivity index (χ3n) is 5.40. The first kappa shape index (κ1) is 24.3. The van der Waals surface area contributed by atoms with Gasteiger partial charge in [0.2, 0.25) is 5.91 Å². The largest absolute Gasteiger partial charge is 0.490 e. The molecule has 1 N–H and O–H groups in total. The van der Waals surface area contributed by atoms with Crippen molar-refractivity contribution in [3.63, 3.8) is 0 Å². The van der Waals surface area contributed by atoms with Gasteiger partial charge in [0.25, 0.3) is 5.91 Å². The molecule has 0 spiro atoms. The molecular weight excluding hydrogens is 418 g/mol. The molecule has 0 aromatic heterocycles. The molecule has 0 aliphatic carbocycles. The zero-order valence-electron chi connectivity index (χ0n) is 19.5. The van der Waals surface area contributed by atoms with Gasteiger partial charge in [0.1, 0.15) is 0 Å². The summed E-state index contributed by atoms with van der Waals surface area (Å²) in [6, 6.07) is 15.3. The van der Waals surface area contributed by atoms with E-state index in [9.17, 15) is 9.59 Å². The van der Waals surface area contributed by atoms with Crippen LogP contribution in [-0.4, -0.2) is 74.1 Å². The van der Waals surface area contributed by atoms with E-state index in [4.69, 9.17) is 9.47 Å². The summed E-state index contributed by atoms with van der Waals surface area (Å²) < 4.78 is 11.1. The van der Waals surface area contributed by atoms with Gasteiger partial charge in [-0.2, -0.15) is 0 Å². The third-order valence-corrected chi connectivity index (χ3v) is 5.40. The minimum atomic E-state index is -0.308. The maximum absolute atomic E-state index is 12.6. The van der Waals surface area contributed by atoms with Gasteiger partial charge in [0, 0.05) is 38.3 Å². The fourth-order valence-corrected chi connectivity index (χ4v) is 3.64. The van der Waals surface area contributed by atoms with E-state index in [1.54, 1.807) is 18.2 Å². The van der Waals surface area contributed by atoms with Crippen molar-refractivity contribution in [3.8, 4) is 11.5 Å². The Balaban J connectivity index is 1.43. The number of nitrogens with zero attached hydrogens (tertiary/aromatic N) is 2. The van der Waals surface area contributed by atoms with Crippen molar-refractivity contribution >= 4 is 17.9 Å². The van der Waals surface area contributed by atoms with Crippen LogP contribution < -0.4 is 14.8 Å². The number of amides is 2. The lowest BCUT2D eigenvalue weighted by molar-refractivity contribution is -0.131. The van der Waals surface area contributed by atoms with Crippen molar-refractivity contribution in [2.24, 2.45) is 0 Å². The standard InChI is InChI=1S/C26H33N3O4/c1-3-32-23-13-12-22(19-24(23)33-4-2)26(31)27-20-25(30)29-17-15-28(16-18-29)14-8-11-21-9-6-5-7-10-21/h5-13,19H,3-4,14-18,20H2,1-2H3,(H,27,31). The monoisotopic (exact) mass is 451 g/mol. The Morgan fingerprint density at radius 3 is 2.33 bits per heavy atom. The highest BCUT2D eigenvalue weighted by Gasteiger charge is 2.21. The number of carbonyl (C=O) groups is 2. The molecule has 0 radical (unpaired) electrons. The summed E-state index contributed by atoms with van der Waals surface area (Å²) >= 11 is 0. The summed E-state index contributed by atoms with van der Waals surface area (Å²) in [6.45, 7) is 8.53. The second kappa shape index (κ2) is 12.6. The SMILES string of the molecule is CCOc1ccc(C(=O)NCC(=O)N2CCN(CC=Cc3ccccc3)CC2)cc1OCC. The molecule has 7 heteroatoms. The van der Waals surface area contributed by atoms with E-state index in [-0.39, 0.29) is 18.4 Å². The predicted octanol–water partition coefficient (Wildman–Crippen LogP) is 3.07. The van der Waals surface area contributed by atoms with E-state index in [0.29, 0.717) is 43.4 Å². The van der Waals surface area contributed by atoms with Gasteiger partial charge in [-0.15, -0.1) is 0 Å². The molecule has 176 valence electrons. The topological polar surface area (TPSA) is 71.1 Å². The molecule has 3 rings (SSSR count). The Hall–Kier alpha value is -3.32. The van der Waals surface area contributed by atoms with Crippen LogP contribution in [0.15, 0.2) is 54.6 Å². The van der Waals surface area contributed by atoms with Crippen LogP contribution >= 0.6 is 0 Å². The van der Waals surface area contributed by atoms with Gasteiger partial charge in [0.15, 0.2) is 11.5 Å². The Bertz CT molecular complexity index is 938. The van der Waals surface area contributed by atoms with E-state index >= 15 is 0 Å². The Labute approximate surface area is 196 Å². The van der Waals surface area contributed by atoms with Crippen LogP contribution in [0.3, 0.4) is 0 Å². The van der Waals surface area contributed by atoms with Gasteiger partial charge >= 0.3 is 0 Å². The second-order valence-corrected chi connectivity index (χ2v) is 7.70. The molecule has 0 bridgehead atoms. The number of nitrogens with one attached hydrogen (secondary N) is 1. The molecule has 0 atom stereocenters. The third kappa shape index (κ3) is 7.36. The first-order valence-corrected chi connectivity index (χ1v) is 11.5. The molecule has 0 unspecified atom stereocenters. The van der Waals surface area contributed by atoms with Gasteiger partial charge in [0.05, 0.1) is 19.8 Å². The molecule has 1 heterocycles. The van der Waals surface area contributed by atoms with Gasteiger partial charge in [-0.25, -0.2) is 0 Å². The molecule has 2 aromatic rings. The molecule has 1 saturated heterocycles. The summed E-state index contributed by atoms with van der Waals surface area (Å²) in [5.74, 6) is 0.745. The highest BCUT2D eigenvalue weighted by molar-refractivity contribution is 5.97. The second-order valence-electron chi connectivity index (χ2n) is 7.70. The number of hydrogen-bond donors (Lipinski definition) is 1. The van der Waals surface area contributed by atoms with Gasteiger partial charge in [-0.1, -0.05) is 42.5 Å². The van der Waals surface area contributed by atoms with E-state index in [0.717, 1.165) is 19.6 Å². The van der Waals surface area contributed by atoms with Gasteiger partial charge < -0.3 is 19.7 Å². The molecule has 33 heavy (non-hydrogen) atoms. The Morgan fingerprint density at radius 1 is 0.939 bits per heavy atom. The summed E-state index contributed by atoms with van der Waals surface area (Å²) in [7, 11) is 0. The van der Waals surface area contributed by atoms with Crippen molar-refractivity contribution < 1.29 is 19.1 Å². The normalized spacial score (nSPS) is 14.3. The van der Waals surface area contributed by atoms with Gasteiger partial charge in [-0.05, 0) is 37.6 Å². The highest BCUT2D eigenvalue weighted by atomic mass is 16.5. The van der Waals surface area contributed by atoms with E-state index in [1.165, 1.54) is 5.56 Å². The lowest BCUT2D eigenvalue weighted by atomic mass is 10.2. The minimum absolute atomic E-state index is 0.0239. The molecular formula is C26H33N3O4. The van der Waals surface area contributed by atoms with E-state index in [2.05, 4.69) is 34.5 Å². The smallest absolute Gasteiger partial charge is 0.251 e. The average molecular weight is 452 g/mol. The van der Waals surface area contributed by atoms with E-state index in [1.807, 2.05) is 36.9 Å². The van der Waals surface area contributed by atoms with Gasteiger partial charge in [-0.3, -0.25) is 14.5 Å². The molecule has 0 saturated carbocycles. The van der Waals surface area contributed by atoms with E-state index < -0.39 is 0 Å². The summed E-state index contributed by atoms with van der Waals surface area (Å²) in [5, 5.41) is 2.73. The number of carbonyl (C=O) groups excluding carboxylic acids is 2. The predicted molar refractivity (Wildman–Crippen MR) is 130 cm³/mol. The van der Waals surface area contributed by atoms with Crippen LogP contribution in [-0.2, 0) is 4.79 Å². The van der Waals surface area contributed by atoms with Crippen molar-refractivity contribution in [1.29, 1.82) is 0 Å². The molecule has 2 aromatic carbocycles. The van der Waals surface area contributed by atoms with Crippen molar-refractivity contribution in [3.05, 3.63) is 65.7 Å². The van der Waals surface area contributed by atoms with Crippen LogP contribution in [0, 0.1) is 0 Å². The quantitative estimate of drug-likeness (QED) is 0.601. The van der Waals surface area contributed by atoms with Crippen LogP contribution in [0.2, 0.25) is 0 Å². The average Bonchev–Trinajstić information content (AvgIpc) is 2.85. The molecule has 1 aliphatic heterocycles. The lowest BCUT2D eigenvalue weighted by Crippen LogP contribution is -2.51. The zero-order valence-corrected chi connectivity index (χ0v) is 19.5. The molecule has 1 fully saturated rings. The number of piperazine rings is 1. The fourth-order valence-electron chi connectivity index (χ4n) is 3.64. The maximum Gasteiger partial charge on any atom is 0.251 e. The number of rotatable bonds is 10. The Kier molecular flexibility index (Phi) is 9.32. The highest BCUT2D eigenvalue weighted by Crippen LogP contribution is 2.28. The lowest BCUT2D eigenvalue weighted by Gasteiger charge is -2.34. The summed E-state index contributed by atoms with van der Waals surface area (Å²) in [5.41, 5.74) is 1.62. The first-order chi connectivity index (χ1) is 16.1. The summed E-state index contributed by atoms with van der Waals surface area (Å²) in [4.78, 5) is 29.3. The Morgan fingerprint density at radius 2 is 1.64 bits per heavy atom. The number of ether oxygens (including phenoxy) is 2. The number of hydrogen-bond acceptors (Lipinski definition) is 5. The van der Waals surface area contributed by atoms with Crippen LogP contribution in [0.4, 0.5) is 0 Å². The van der Waals surface area contributed by atoms with Crippen LogP contribution in [0.5, 0.6) is 11.5 Å². The fraction of sp³-hybridized carbons (Fsp3) is 0.385. The van der Waals surface area contributed by atoms with Crippen molar-refractivity contribution in [1.82, 2.24) is 15.1 Å². The van der Waals surface area contributed by atoms with Crippen LogP contribution in [0.25, 0.3) is 6.08 Å². The molecule has 1 aliphatic rings. The molecule has 2 amide bonds. The first-order valence-electron chi connectivity index (χ1n) is 11.5. The van der Waals surface area contributed by atoms with Crippen molar-refractivity contribution in [2.75, 3.05) is 52.5 Å². The van der Waals surface area contributed by atoms with Crippen LogP contribution in [0.1, 0.15) is 29.8 Å². The summed E-state index contributed by atoms with van der Waals surface area (Å²) in [6.07, 6.45) is 4.27.